The van der Waals surface area contributed by atoms with Crippen LogP contribution in [0.5, 0.6) is 11.5 Å². The van der Waals surface area contributed by atoms with Crippen LogP contribution in [0.1, 0.15) is 15.9 Å². The largest absolute Gasteiger partial charge is 0.478 e. The van der Waals surface area contributed by atoms with Crippen LogP contribution in [0, 0.1) is 17.0 Å². The van der Waals surface area contributed by atoms with Crippen molar-refractivity contribution < 1.29 is 19.6 Å². The van der Waals surface area contributed by atoms with E-state index in [4.69, 9.17) is 21.4 Å². The lowest BCUT2D eigenvalue weighted by molar-refractivity contribution is -0.385. The minimum atomic E-state index is -1.24. The van der Waals surface area contributed by atoms with Crippen LogP contribution in [0.15, 0.2) is 36.4 Å². The molecule has 0 bridgehead atoms. The van der Waals surface area contributed by atoms with Crippen molar-refractivity contribution >= 4 is 23.3 Å². The highest BCUT2D eigenvalue weighted by molar-refractivity contribution is 6.30. The maximum atomic E-state index is 11.0. The molecule has 2 aromatic rings. The topological polar surface area (TPSA) is 89.7 Å². The van der Waals surface area contributed by atoms with Crippen LogP contribution < -0.4 is 4.74 Å². The van der Waals surface area contributed by atoms with Crippen molar-refractivity contribution in [2.45, 2.75) is 6.92 Å². The van der Waals surface area contributed by atoms with Crippen molar-refractivity contribution in [2.24, 2.45) is 0 Å². The monoisotopic (exact) mass is 307 g/mol. The van der Waals surface area contributed by atoms with Gasteiger partial charge in [0, 0.05) is 11.1 Å². The maximum absolute atomic E-state index is 11.0. The SMILES string of the molecule is Cc1cc(Cl)ccc1Oc1ccc(C(=O)O)cc1[N+](=O)[O-]. The van der Waals surface area contributed by atoms with Crippen LogP contribution in [-0.4, -0.2) is 16.0 Å². The number of hydrogen-bond acceptors (Lipinski definition) is 4. The molecule has 0 aliphatic carbocycles. The normalized spacial score (nSPS) is 10.2. The van der Waals surface area contributed by atoms with Crippen molar-refractivity contribution in [3.63, 3.8) is 0 Å². The zero-order valence-corrected chi connectivity index (χ0v) is 11.6. The van der Waals surface area contributed by atoms with Crippen molar-refractivity contribution in [1.29, 1.82) is 0 Å². The lowest BCUT2D eigenvalue weighted by atomic mass is 10.2. The van der Waals surface area contributed by atoms with Crippen LogP contribution in [0.4, 0.5) is 5.69 Å². The minimum Gasteiger partial charge on any atom is -0.478 e. The first-order chi connectivity index (χ1) is 9.88. The third-order valence-electron chi connectivity index (χ3n) is 2.76. The van der Waals surface area contributed by atoms with Gasteiger partial charge in [0.2, 0.25) is 5.75 Å². The molecule has 0 saturated carbocycles. The summed E-state index contributed by atoms with van der Waals surface area (Å²) in [5, 5.41) is 20.4. The lowest BCUT2D eigenvalue weighted by Crippen LogP contribution is -2.00. The number of carboxylic acids is 1. The van der Waals surface area contributed by atoms with Crippen molar-refractivity contribution in [3.05, 3.63) is 62.7 Å². The molecular formula is C14H10ClNO5. The Bertz CT molecular complexity index is 729. The van der Waals surface area contributed by atoms with E-state index in [9.17, 15) is 14.9 Å². The van der Waals surface area contributed by atoms with Gasteiger partial charge in [-0.3, -0.25) is 10.1 Å². The molecule has 0 atom stereocenters. The third-order valence-corrected chi connectivity index (χ3v) is 2.99. The summed E-state index contributed by atoms with van der Waals surface area (Å²) in [5.41, 5.74) is 0.116. The average molecular weight is 308 g/mol. The molecule has 0 amide bonds. The smallest absolute Gasteiger partial charge is 0.335 e. The van der Waals surface area contributed by atoms with Crippen molar-refractivity contribution in [1.82, 2.24) is 0 Å². The summed E-state index contributed by atoms with van der Waals surface area (Å²) >= 11 is 5.83. The van der Waals surface area contributed by atoms with E-state index in [1.54, 1.807) is 25.1 Å². The molecule has 0 spiro atoms. The summed E-state index contributed by atoms with van der Waals surface area (Å²) in [7, 11) is 0. The van der Waals surface area contributed by atoms with Gasteiger partial charge in [0.15, 0.2) is 0 Å². The third kappa shape index (κ3) is 3.29. The second-order valence-corrected chi connectivity index (χ2v) is 4.69. The zero-order valence-electron chi connectivity index (χ0n) is 10.9. The van der Waals surface area contributed by atoms with Crippen molar-refractivity contribution in [3.8, 4) is 11.5 Å². The molecule has 0 aliphatic rings. The highest BCUT2D eigenvalue weighted by atomic mass is 35.5. The molecule has 0 aliphatic heterocycles. The van der Waals surface area contributed by atoms with E-state index in [1.807, 2.05) is 0 Å². The Morgan fingerprint density at radius 2 is 1.90 bits per heavy atom. The number of nitrogens with zero attached hydrogens (tertiary/aromatic N) is 1. The number of ether oxygens (including phenoxy) is 1. The molecule has 6 nitrogen and oxygen atoms in total. The highest BCUT2D eigenvalue weighted by Crippen LogP contribution is 2.34. The maximum Gasteiger partial charge on any atom is 0.335 e. The standard InChI is InChI=1S/C14H10ClNO5/c1-8-6-10(15)3-5-12(8)21-13-4-2-9(14(17)18)7-11(13)16(19)20/h2-7H,1H3,(H,17,18). The number of halogens is 1. The number of nitro benzene ring substituents is 1. The summed E-state index contributed by atoms with van der Waals surface area (Å²) in [6, 6.07) is 8.32. The summed E-state index contributed by atoms with van der Waals surface area (Å²) in [6.45, 7) is 1.75. The summed E-state index contributed by atoms with van der Waals surface area (Å²) < 4.78 is 5.50. The van der Waals surface area contributed by atoms with Crippen LogP contribution in [0.3, 0.4) is 0 Å². The second-order valence-electron chi connectivity index (χ2n) is 4.26. The van der Waals surface area contributed by atoms with E-state index in [-0.39, 0.29) is 11.3 Å². The van der Waals surface area contributed by atoms with Gasteiger partial charge in [-0.2, -0.15) is 0 Å². The fraction of sp³-hybridized carbons (Fsp3) is 0.0714. The van der Waals surface area contributed by atoms with Gasteiger partial charge in [-0.25, -0.2) is 4.79 Å². The van der Waals surface area contributed by atoms with Gasteiger partial charge in [-0.15, -0.1) is 0 Å². The van der Waals surface area contributed by atoms with E-state index in [0.717, 1.165) is 6.07 Å². The van der Waals surface area contributed by atoms with Gasteiger partial charge in [-0.1, -0.05) is 11.6 Å². The first kappa shape index (κ1) is 14.8. The van der Waals surface area contributed by atoms with E-state index in [1.165, 1.54) is 12.1 Å². The Hall–Kier alpha value is -2.60. The summed E-state index contributed by atoms with van der Waals surface area (Å²) in [5.74, 6) is -0.867. The van der Waals surface area contributed by atoms with E-state index in [0.29, 0.717) is 16.3 Å². The van der Waals surface area contributed by atoms with Gasteiger partial charge < -0.3 is 9.84 Å². The van der Waals surface area contributed by atoms with Gasteiger partial charge in [0.05, 0.1) is 10.5 Å². The quantitative estimate of drug-likeness (QED) is 0.680. The van der Waals surface area contributed by atoms with Gasteiger partial charge in [-0.05, 0) is 42.8 Å². The first-order valence-corrected chi connectivity index (χ1v) is 6.22. The van der Waals surface area contributed by atoms with E-state index >= 15 is 0 Å². The number of carboxylic acid groups (broad SMARTS) is 1. The number of aromatic carboxylic acids is 1. The number of carbonyl (C=O) groups is 1. The summed E-state index contributed by atoms with van der Waals surface area (Å²) in [4.78, 5) is 21.2. The Morgan fingerprint density at radius 1 is 1.24 bits per heavy atom. The fourth-order valence-corrected chi connectivity index (χ4v) is 1.95. The lowest BCUT2D eigenvalue weighted by Gasteiger charge is -2.09. The molecule has 108 valence electrons. The number of rotatable bonds is 4. The number of hydrogen-bond donors (Lipinski definition) is 1. The summed E-state index contributed by atoms with van der Waals surface area (Å²) in [6.07, 6.45) is 0. The van der Waals surface area contributed by atoms with Gasteiger partial charge >= 0.3 is 11.7 Å². The molecule has 7 heteroatoms. The Morgan fingerprint density at radius 3 is 2.48 bits per heavy atom. The molecular weight excluding hydrogens is 298 g/mol. The Labute approximate surface area is 124 Å². The second kappa shape index (κ2) is 5.80. The molecule has 0 radical (unpaired) electrons. The molecule has 0 unspecified atom stereocenters. The first-order valence-electron chi connectivity index (χ1n) is 5.84. The molecule has 0 aromatic heterocycles. The fourth-order valence-electron chi connectivity index (χ4n) is 1.73. The molecule has 2 rings (SSSR count). The van der Waals surface area contributed by atoms with E-state index in [2.05, 4.69) is 0 Å². The minimum absolute atomic E-state index is 0.0320. The van der Waals surface area contributed by atoms with Gasteiger partial charge in [0.25, 0.3) is 0 Å². The van der Waals surface area contributed by atoms with Crippen LogP contribution in [0.2, 0.25) is 5.02 Å². The molecule has 1 N–H and O–H groups in total. The highest BCUT2D eigenvalue weighted by Gasteiger charge is 2.19. The predicted octanol–water partition coefficient (Wildman–Crippen LogP) is 4.05. The Balaban J connectivity index is 2.44. The predicted molar refractivity (Wildman–Crippen MR) is 76.3 cm³/mol. The van der Waals surface area contributed by atoms with Crippen molar-refractivity contribution in [2.75, 3.05) is 0 Å². The van der Waals surface area contributed by atoms with Crippen LogP contribution in [0.25, 0.3) is 0 Å². The number of benzene rings is 2. The van der Waals surface area contributed by atoms with Crippen LogP contribution in [-0.2, 0) is 0 Å². The van der Waals surface area contributed by atoms with Crippen LogP contribution >= 0.6 is 11.6 Å². The molecule has 0 fully saturated rings. The molecule has 21 heavy (non-hydrogen) atoms. The van der Waals surface area contributed by atoms with E-state index < -0.39 is 16.6 Å². The molecule has 2 aromatic carbocycles. The molecule has 0 saturated heterocycles. The van der Waals surface area contributed by atoms with Gasteiger partial charge in [0.1, 0.15) is 5.75 Å². The zero-order chi connectivity index (χ0) is 15.6. The Kier molecular flexibility index (Phi) is 4.09. The molecule has 0 heterocycles. The number of aryl methyl sites for hydroxylation is 1. The number of nitro groups is 1. The average Bonchev–Trinajstić information content (AvgIpc) is 2.41.